The minimum atomic E-state index is -0.975. The first-order valence-corrected chi connectivity index (χ1v) is 10.4. The van der Waals surface area contributed by atoms with Crippen LogP contribution in [0.15, 0.2) is 42.5 Å². The Morgan fingerprint density at radius 2 is 1.76 bits per heavy atom. The van der Waals surface area contributed by atoms with E-state index in [2.05, 4.69) is 10.6 Å². The first-order valence-electron chi connectivity index (χ1n) is 10.4. The molecule has 0 saturated carbocycles. The van der Waals surface area contributed by atoms with Crippen LogP contribution in [0.4, 0.5) is 11.4 Å². The molecule has 0 fully saturated rings. The summed E-state index contributed by atoms with van der Waals surface area (Å²) in [5.74, 6) is -1.58. The number of nitrogens with zero attached hydrogens (tertiary/aromatic N) is 1. The highest BCUT2D eigenvalue weighted by Crippen LogP contribution is 2.22. The Morgan fingerprint density at radius 1 is 1.09 bits per heavy atom. The Kier molecular flexibility index (Phi) is 8.90. The van der Waals surface area contributed by atoms with E-state index in [-0.39, 0.29) is 17.3 Å². The molecule has 0 aliphatic heterocycles. The highest BCUT2D eigenvalue weighted by molar-refractivity contribution is 5.97. The van der Waals surface area contributed by atoms with Gasteiger partial charge in [0, 0.05) is 22.9 Å². The molecule has 0 bridgehead atoms. The van der Waals surface area contributed by atoms with E-state index in [0.29, 0.717) is 23.5 Å². The Hall–Kier alpha value is -3.95. The number of amides is 2. The minimum Gasteiger partial charge on any atom is -0.494 e. The molecule has 0 spiro atoms. The quantitative estimate of drug-likeness (QED) is 0.317. The number of carbonyl (C=O) groups is 3. The van der Waals surface area contributed by atoms with E-state index in [9.17, 15) is 24.5 Å². The zero-order valence-electron chi connectivity index (χ0n) is 18.9. The molecular weight excluding hydrogens is 430 g/mol. The molecular formula is C23H27N3O7. The van der Waals surface area contributed by atoms with Gasteiger partial charge in [-0.05, 0) is 50.1 Å². The zero-order chi connectivity index (χ0) is 24.5. The second kappa shape index (κ2) is 11.6. The van der Waals surface area contributed by atoms with Crippen LogP contribution in [0.1, 0.15) is 36.7 Å². The fourth-order valence-electron chi connectivity index (χ4n) is 2.90. The molecule has 0 heterocycles. The van der Waals surface area contributed by atoms with Gasteiger partial charge >= 0.3 is 5.97 Å². The van der Waals surface area contributed by atoms with E-state index in [4.69, 9.17) is 9.47 Å². The number of hydrogen-bond acceptors (Lipinski definition) is 7. The molecule has 33 heavy (non-hydrogen) atoms. The number of hydrogen-bond donors (Lipinski definition) is 2. The molecule has 0 radical (unpaired) electrons. The lowest BCUT2D eigenvalue weighted by Gasteiger charge is -2.21. The van der Waals surface area contributed by atoms with Crippen LogP contribution >= 0.6 is 0 Å². The van der Waals surface area contributed by atoms with Crippen molar-refractivity contribution >= 4 is 29.2 Å². The summed E-state index contributed by atoms with van der Waals surface area (Å²) in [7, 11) is 0. The number of esters is 1. The Balaban J connectivity index is 1.95. The summed E-state index contributed by atoms with van der Waals surface area (Å²) in [6.45, 7) is 6.79. The Bertz CT molecular complexity index is 1020. The highest BCUT2D eigenvalue weighted by atomic mass is 16.6. The molecule has 0 aliphatic carbocycles. The summed E-state index contributed by atoms with van der Waals surface area (Å²) < 4.78 is 10.4. The predicted octanol–water partition coefficient (Wildman–Crippen LogP) is 3.24. The summed E-state index contributed by atoms with van der Waals surface area (Å²) in [5.41, 5.74) is 0.863. The second-order valence-electron chi connectivity index (χ2n) is 7.57. The van der Waals surface area contributed by atoms with Crippen LogP contribution in [0, 0.1) is 23.0 Å². The first-order chi connectivity index (χ1) is 15.6. The minimum absolute atomic E-state index is 0.137. The first kappa shape index (κ1) is 25.3. The van der Waals surface area contributed by atoms with Crippen LogP contribution < -0.4 is 15.4 Å². The molecule has 2 aromatic carbocycles. The number of nitro benzene ring substituents is 1. The van der Waals surface area contributed by atoms with E-state index in [1.54, 1.807) is 45.0 Å². The van der Waals surface area contributed by atoms with Crippen molar-refractivity contribution in [1.29, 1.82) is 0 Å². The van der Waals surface area contributed by atoms with Gasteiger partial charge in [-0.25, -0.2) is 4.79 Å². The van der Waals surface area contributed by atoms with Gasteiger partial charge in [0.25, 0.3) is 17.5 Å². The van der Waals surface area contributed by atoms with Crippen molar-refractivity contribution in [2.45, 2.75) is 33.7 Å². The van der Waals surface area contributed by atoms with E-state index >= 15 is 0 Å². The Morgan fingerprint density at radius 3 is 2.33 bits per heavy atom. The molecule has 0 unspecified atom stereocenters. The van der Waals surface area contributed by atoms with Crippen LogP contribution in [0.3, 0.4) is 0 Å². The molecule has 10 nitrogen and oxygen atoms in total. The van der Waals surface area contributed by atoms with Crippen LogP contribution in [0.5, 0.6) is 5.75 Å². The topological polar surface area (TPSA) is 137 Å². The van der Waals surface area contributed by atoms with Gasteiger partial charge in [0.2, 0.25) is 0 Å². The number of anilines is 1. The molecule has 2 aromatic rings. The van der Waals surface area contributed by atoms with Gasteiger partial charge in [0.05, 0.1) is 11.5 Å². The average molecular weight is 457 g/mol. The highest BCUT2D eigenvalue weighted by Gasteiger charge is 2.27. The standard InChI is InChI=1S/C23H27N3O7/c1-5-32-18-10-7-16(8-11-18)22(28)25-21(14(2)3)23(29)33-13-20(27)24-17-9-6-15(4)19(12-17)26(30)31/h6-12,14,21H,5,13H2,1-4H3,(H,24,27)(H,25,28)/t21-/m0/s1. The van der Waals surface area contributed by atoms with Crippen molar-refractivity contribution in [3.05, 3.63) is 63.7 Å². The molecule has 10 heteroatoms. The predicted molar refractivity (Wildman–Crippen MR) is 121 cm³/mol. The molecule has 0 aliphatic rings. The van der Waals surface area contributed by atoms with Crippen molar-refractivity contribution < 1.29 is 28.8 Å². The number of ether oxygens (including phenoxy) is 2. The number of benzene rings is 2. The van der Waals surface area contributed by atoms with Gasteiger partial charge in [0.15, 0.2) is 6.61 Å². The number of aryl methyl sites for hydroxylation is 1. The van der Waals surface area contributed by atoms with Gasteiger partial charge < -0.3 is 20.1 Å². The van der Waals surface area contributed by atoms with Gasteiger partial charge in [-0.3, -0.25) is 19.7 Å². The third-order valence-corrected chi connectivity index (χ3v) is 4.67. The van der Waals surface area contributed by atoms with Crippen molar-refractivity contribution in [1.82, 2.24) is 5.32 Å². The maximum atomic E-state index is 12.5. The SMILES string of the molecule is CCOc1ccc(C(=O)N[C@H](C(=O)OCC(=O)Nc2ccc(C)c([N+](=O)[O-])c2)C(C)C)cc1. The summed E-state index contributed by atoms with van der Waals surface area (Å²) in [6.07, 6.45) is 0. The second-order valence-corrected chi connectivity index (χ2v) is 7.57. The lowest BCUT2D eigenvalue weighted by molar-refractivity contribution is -0.385. The molecule has 0 aromatic heterocycles. The van der Waals surface area contributed by atoms with Crippen LogP contribution in [-0.2, 0) is 14.3 Å². The number of nitrogens with one attached hydrogen (secondary N) is 2. The number of rotatable bonds is 10. The normalized spacial score (nSPS) is 11.4. The maximum Gasteiger partial charge on any atom is 0.329 e. The van der Waals surface area contributed by atoms with Crippen molar-refractivity contribution in [2.75, 3.05) is 18.5 Å². The van der Waals surface area contributed by atoms with Crippen LogP contribution in [0.2, 0.25) is 0 Å². The van der Waals surface area contributed by atoms with Gasteiger partial charge in [0.1, 0.15) is 11.8 Å². The van der Waals surface area contributed by atoms with Gasteiger partial charge in [-0.1, -0.05) is 19.9 Å². The maximum absolute atomic E-state index is 12.5. The van der Waals surface area contributed by atoms with Gasteiger partial charge in [-0.2, -0.15) is 0 Å². The molecule has 2 rings (SSSR count). The van der Waals surface area contributed by atoms with E-state index < -0.39 is 35.4 Å². The molecule has 2 N–H and O–H groups in total. The monoisotopic (exact) mass is 457 g/mol. The largest absolute Gasteiger partial charge is 0.494 e. The van der Waals surface area contributed by atoms with E-state index in [0.717, 1.165) is 0 Å². The van der Waals surface area contributed by atoms with Crippen molar-refractivity contribution in [3.63, 3.8) is 0 Å². The van der Waals surface area contributed by atoms with Crippen molar-refractivity contribution in [2.24, 2.45) is 5.92 Å². The lowest BCUT2D eigenvalue weighted by atomic mass is 10.0. The molecule has 0 saturated heterocycles. The van der Waals surface area contributed by atoms with E-state index in [1.807, 2.05) is 6.92 Å². The van der Waals surface area contributed by atoms with Crippen molar-refractivity contribution in [3.8, 4) is 5.75 Å². The molecule has 1 atom stereocenters. The molecule has 176 valence electrons. The fraction of sp³-hybridized carbons (Fsp3) is 0.348. The molecule has 2 amide bonds. The summed E-state index contributed by atoms with van der Waals surface area (Å²) in [6, 6.07) is 9.73. The number of nitro groups is 1. The third-order valence-electron chi connectivity index (χ3n) is 4.67. The third kappa shape index (κ3) is 7.30. The Labute approximate surface area is 191 Å². The van der Waals surface area contributed by atoms with Crippen LogP contribution in [-0.4, -0.2) is 42.0 Å². The average Bonchev–Trinajstić information content (AvgIpc) is 2.77. The summed E-state index contributed by atoms with van der Waals surface area (Å²) in [5, 5.41) is 16.1. The number of carbonyl (C=O) groups excluding carboxylic acids is 3. The zero-order valence-corrected chi connectivity index (χ0v) is 18.9. The lowest BCUT2D eigenvalue weighted by Crippen LogP contribution is -2.45. The van der Waals surface area contributed by atoms with Crippen LogP contribution in [0.25, 0.3) is 0 Å². The summed E-state index contributed by atoms with van der Waals surface area (Å²) in [4.78, 5) is 47.7. The smallest absolute Gasteiger partial charge is 0.329 e. The fourth-order valence-corrected chi connectivity index (χ4v) is 2.90. The van der Waals surface area contributed by atoms with Gasteiger partial charge in [-0.15, -0.1) is 0 Å². The van der Waals surface area contributed by atoms with E-state index in [1.165, 1.54) is 18.2 Å². The summed E-state index contributed by atoms with van der Waals surface area (Å²) >= 11 is 0.